The van der Waals surface area contributed by atoms with E-state index in [4.69, 9.17) is 16.0 Å². The van der Waals surface area contributed by atoms with Gasteiger partial charge >= 0.3 is 11.9 Å². The molecule has 3 amide bonds. The Morgan fingerprint density at radius 3 is 2.41 bits per heavy atom. The molecule has 0 unspecified atom stereocenters. The van der Waals surface area contributed by atoms with Gasteiger partial charge in [-0.15, -0.1) is 23.7 Å². The van der Waals surface area contributed by atoms with Gasteiger partial charge in [-0.3, -0.25) is 33.7 Å². The van der Waals surface area contributed by atoms with Crippen LogP contribution in [0.1, 0.15) is 117 Å². The number of unbranched alkanes of at least 4 members (excludes halogenated alkanes) is 1. The number of nitrogens with zero attached hydrogens (tertiary/aromatic N) is 3. The number of benzene rings is 1. The Hall–Kier alpha value is -4.39. The van der Waals surface area contributed by atoms with E-state index in [2.05, 4.69) is 26.4 Å². The van der Waals surface area contributed by atoms with Crippen molar-refractivity contribution in [1.29, 1.82) is 0 Å². The maximum absolute atomic E-state index is 14.7. The molecule has 0 radical (unpaired) electrons. The van der Waals surface area contributed by atoms with Crippen molar-refractivity contribution in [3.05, 3.63) is 46.0 Å². The number of carboxylic acids is 1. The molecule has 320 valence electrons. The molecule has 0 spiro atoms. The number of likely N-dealkylation sites (tertiary alicyclic amines) is 1. The fourth-order valence-electron chi connectivity index (χ4n) is 7.00. The molecule has 1 saturated heterocycles. The van der Waals surface area contributed by atoms with E-state index >= 15 is 0 Å². The third-order valence-corrected chi connectivity index (χ3v) is 11.7. The minimum absolute atomic E-state index is 0.00704. The highest BCUT2D eigenvalue weighted by Gasteiger charge is 2.42. The van der Waals surface area contributed by atoms with E-state index in [1.165, 1.54) is 38.0 Å². The number of aromatic nitrogens is 1. The summed E-state index contributed by atoms with van der Waals surface area (Å²) in [7, 11) is 1.96. The Kier molecular flexibility index (Phi) is 18.8. The standard InChI is InChI=1S/C43H62FN5O8S/c1-10-12-15-22-56-49(41(53)37(28(5)11-2)39(52)47-36-16-13-14-21-48(36)9)33(27(3)4)24-34(57-29(6)50)40-46-35(26-58-40)45-38(51)31(25-43(7,8)42(54)55)23-30-17-19-32(44)20-18-30/h1,17-20,26-28,31,33-34,36-37H,11-16,21-25H2,2-9H3,(H,45,51)(H,47,52)(H,54,55)/t28-,31-,33+,34+,36+,37-/m0/s1. The minimum Gasteiger partial charge on any atom is -0.481 e. The molecule has 0 bridgehead atoms. The second-order valence-corrected chi connectivity index (χ2v) is 17.2. The van der Waals surface area contributed by atoms with Gasteiger partial charge in [0, 0.05) is 31.1 Å². The molecule has 1 fully saturated rings. The van der Waals surface area contributed by atoms with Gasteiger partial charge in [0.2, 0.25) is 11.8 Å². The molecule has 0 aliphatic carbocycles. The minimum atomic E-state index is -1.24. The van der Waals surface area contributed by atoms with E-state index in [1.54, 1.807) is 17.5 Å². The lowest BCUT2D eigenvalue weighted by Gasteiger charge is -2.38. The average molecular weight is 828 g/mol. The summed E-state index contributed by atoms with van der Waals surface area (Å²) in [6.45, 7) is 12.9. The Bertz CT molecular complexity index is 1730. The summed E-state index contributed by atoms with van der Waals surface area (Å²) in [4.78, 5) is 80.0. The number of carbonyl (C=O) groups excluding carboxylic acids is 4. The predicted octanol–water partition coefficient (Wildman–Crippen LogP) is 6.99. The van der Waals surface area contributed by atoms with Gasteiger partial charge in [0.05, 0.1) is 24.2 Å². The van der Waals surface area contributed by atoms with Gasteiger partial charge in [-0.1, -0.05) is 46.2 Å². The van der Waals surface area contributed by atoms with Gasteiger partial charge in [0.15, 0.2) is 6.10 Å². The third kappa shape index (κ3) is 14.2. The molecule has 58 heavy (non-hydrogen) atoms. The number of rotatable bonds is 22. The van der Waals surface area contributed by atoms with Crippen LogP contribution in [0.15, 0.2) is 29.6 Å². The van der Waals surface area contributed by atoms with E-state index in [9.17, 15) is 33.5 Å². The van der Waals surface area contributed by atoms with Crippen LogP contribution in [0.3, 0.4) is 0 Å². The van der Waals surface area contributed by atoms with Crippen LogP contribution >= 0.6 is 11.3 Å². The summed E-state index contributed by atoms with van der Waals surface area (Å²) in [5.74, 6) is -3.14. The third-order valence-electron chi connectivity index (χ3n) is 10.7. The number of carbonyl (C=O) groups is 5. The number of nitrogens with one attached hydrogen (secondary N) is 2. The molecule has 3 rings (SSSR count). The number of hydrogen-bond donors (Lipinski definition) is 3. The molecule has 2 aromatic rings. The first-order valence-electron chi connectivity index (χ1n) is 20.2. The maximum Gasteiger partial charge on any atom is 0.309 e. The quantitative estimate of drug-likeness (QED) is 0.0370. The number of piperidine rings is 1. The molecular weight excluding hydrogens is 766 g/mol. The van der Waals surface area contributed by atoms with E-state index in [-0.39, 0.29) is 55.6 Å². The van der Waals surface area contributed by atoms with Crippen molar-refractivity contribution in [3.63, 3.8) is 0 Å². The topological polar surface area (TPSA) is 167 Å². The van der Waals surface area contributed by atoms with E-state index < -0.39 is 59.0 Å². The molecule has 1 aromatic carbocycles. The highest BCUT2D eigenvalue weighted by atomic mass is 32.1. The number of thiazole rings is 1. The Morgan fingerprint density at radius 2 is 1.83 bits per heavy atom. The maximum atomic E-state index is 14.7. The summed E-state index contributed by atoms with van der Waals surface area (Å²) >= 11 is 1.14. The van der Waals surface area contributed by atoms with Gasteiger partial charge in [-0.2, -0.15) is 0 Å². The molecule has 1 aromatic heterocycles. The molecule has 0 saturated carbocycles. The zero-order valence-corrected chi connectivity index (χ0v) is 36.0. The lowest BCUT2D eigenvalue weighted by atomic mass is 9.80. The average Bonchev–Trinajstić information content (AvgIpc) is 3.63. The molecule has 1 aliphatic heterocycles. The van der Waals surface area contributed by atoms with Crippen LogP contribution in [0.25, 0.3) is 0 Å². The molecule has 15 heteroatoms. The van der Waals surface area contributed by atoms with E-state index in [0.29, 0.717) is 29.8 Å². The highest BCUT2D eigenvalue weighted by Crippen LogP contribution is 2.34. The molecular formula is C43H62FN5O8S. The molecule has 3 N–H and O–H groups in total. The van der Waals surface area contributed by atoms with Gasteiger partial charge in [-0.05, 0) is 95.5 Å². The van der Waals surface area contributed by atoms with Crippen LogP contribution in [0.5, 0.6) is 0 Å². The van der Waals surface area contributed by atoms with Crippen LogP contribution in [-0.2, 0) is 40.0 Å². The monoisotopic (exact) mass is 827 g/mol. The van der Waals surface area contributed by atoms with Crippen LogP contribution in [-0.4, -0.2) is 82.1 Å². The number of carboxylic acid groups (broad SMARTS) is 1. The zero-order valence-electron chi connectivity index (χ0n) is 35.2. The van der Waals surface area contributed by atoms with Crippen molar-refractivity contribution < 1.29 is 43.0 Å². The fraction of sp³-hybridized carbons (Fsp3) is 0.628. The summed E-state index contributed by atoms with van der Waals surface area (Å²) in [5, 5.41) is 19.0. The van der Waals surface area contributed by atoms with Gasteiger partial charge < -0.3 is 20.5 Å². The summed E-state index contributed by atoms with van der Waals surface area (Å²) in [6, 6.07) is 4.98. The number of aliphatic carboxylic acids is 1. The SMILES string of the molecule is C#CCCCON(C(=O)[C@H](C(=O)N[C@H]1CCCCN1C)[C@@H](C)CC)[C@H](C[C@@H](OC(C)=O)c1nc(NC(=O)[C@@H](Cc2ccc(F)cc2)CC(C)(C)C(=O)O)cs1)C(C)C. The number of anilines is 1. The van der Waals surface area contributed by atoms with E-state index in [1.807, 2.05) is 34.7 Å². The zero-order chi connectivity index (χ0) is 43.2. The Labute approximate surface area is 346 Å². The predicted molar refractivity (Wildman–Crippen MR) is 220 cm³/mol. The van der Waals surface area contributed by atoms with Crippen molar-refractivity contribution >= 4 is 46.8 Å². The molecule has 2 heterocycles. The van der Waals surface area contributed by atoms with Gasteiger partial charge in [0.25, 0.3) is 5.91 Å². The number of hydrogen-bond acceptors (Lipinski definition) is 10. The summed E-state index contributed by atoms with van der Waals surface area (Å²) in [6.07, 6.45) is 8.76. The largest absolute Gasteiger partial charge is 0.481 e. The first kappa shape index (κ1) is 48.0. The molecule has 6 atom stereocenters. The smallest absolute Gasteiger partial charge is 0.309 e. The van der Waals surface area contributed by atoms with Crippen LogP contribution in [0.2, 0.25) is 0 Å². The Balaban J connectivity index is 1.94. The normalized spacial score (nSPS) is 17.3. The van der Waals surface area contributed by atoms with Gasteiger partial charge in [0.1, 0.15) is 22.6 Å². The van der Waals surface area contributed by atoms with Crippen molar-refractivity contribution in [2.24, 2.45) is 29.1 Å². The lowest BCUT2D eigenvalue weighted by molar-refractivity contribution is -0.215. The fourth-order valence-corrected chi connectivity index (χ4v) is 7.79. The van der Waals surface area contributed by atoms with Crippen LogP contribution in [0.4, 0.5) is 10.2 Å². The second kappa shape index (κ2) is 22.7. The highest BCUT2D eigenvalue weighted by molar-refractivity contribution is 7.10. The van der Waals surface area contributed by atoms with Crippen LogP contribution in [0, 0.1) is 47.2 Å². The number of ether oxygens (including phenoxy) is 1. The Morgan fingerprint density at radius 1 is 1.14 bits per heavy atom. The number of halogens is 1. The number of hydroxylamine groups is 2. The second-order valence-electron chi connectivity index (χ2n) is 16.3. The summed E-state index contributed by atoms with van der Waals surface area (Å²) in [5.41, 5.74) is -0.583. The van der Waals surface area contributed by atoms with Crippen molar-refractivity contribution in [2.75, 3.05) is 25.5 Å². The number of amides is 3. The molecule has 13 nitrogen and oxygen atoms in total. The summed E-state index contributed by atoms with van der Waals surface area (Å²) < 4.78 is 19.5. The van der Waals surface area contributed by atoms with Crippen molar-refractivity contribution in [3.8, 4) is 12.3 Å². The first-order valence-corrected chi connectivity index (χ1v) is 21.1. The first-order chi connectivity index (χ1) is 27.4. The van der Waals surface area contributed by atoms with Gasteiger partial charge in [-0.25, -0.2) is 14.4 Å². The van der Waals surface area contributed by atoms with E-state index in [0.717, 1.165) is 37.1 Å². The lowest BCUT2D eigenvalue weighted by Crippen LogP contribution is -2.55. The molecule has 1 aliphatic rings. The van der Waals surface area contributed by atoms with Crippen LogP contribution < -0.4 is 10.6 Å². The van der Waals surface area contributed by atoms with Crippen molar-refractivity contribution in [2.45, 2.75) is 125 Å². The number of esters is 1. The van der Waals surface area contributed by atoms with Crippen molar-refractivity contribution in [1.82, 2.24) is 20.3 Å². The number of terminal acetylenes is 1.